The molecule has 1 fully saturated rings. The van der Waals surface area contributed by atoms with Crippen molar-refractivity contribution in [1.29, 1.82) is 0 Å². The lowest BCUT2D eigenvalue weighted by atomic mass is 10.4. The highest BCUT2D eigenvalue weighted by Crippen LogP contribution is 2.24. The molecule has 1 aromatic carbocycles. The number of hydrogen-bond acceptors (Lipinski definition) is 6. The van der Waals surface area contributed by atoms with E-state index >= 15 is 0 Å². The van der Waals surface area contributed by atoms with Gasteiger partial charge < -0.3 is 0 Å². The summed E-state index contributed by atoms with van der Waals surface area (Å²) in [5, 5.41) is 0.427. The van der Waals surface area contributed by atoms with E-state index in [0.29, 0.717) is 5.02 Å². The fraction of sp³-hybridized carbons (Fsp3) is 0.250. The van der Waals surface area contributed by atoms with Crippen LogP contribution in [0, 0.1) is 0 Å². The van der Waals surface area contributed by atoms with Crippen molar-refractivity contribution in [2.45, 2.75) is 11.1 Å². The Balaban J connectivity index is 2.12. The largest absolute Gasteiger partial charge is 0.242 e. The lowest BCUT2D eigenvalue weighted by Gasteiger charge is -2.12. The second kappa shape index (κ2) is 5.68. The van der Waals surface area contributed by atoms with Gasteiger partial charge in [0.1, 0.15) is 4.90 Å². The fourth-order valence-electron chi connectivity index (χ4n) is 1.34. The topological polar surface area (TPSA) is 94.3 Å². The van der Waals surface area contributed by atoms with Gasteiger partial charge in [-0.05, 0) is 18.2 Å². The Kier molecular flexibility index (Phi) is 4.41. The molecule has 1 aromatic rings. The van der Waals surface area contributed by atoms with E-state index in [9.17, 15) is 8.42 Å². The molecule has 7 nitrogen and oxygen atoms in total. The highest BCUT2D eigenvalue weighted by molar-refractivity contribution is 7.89. The molecule has 2 rings (SSSR count). The second-order valence-electron chi connectivity index (χ2n) is 3.52. The van der Waals surface area contributed by atoms with Crippen LogP contribution in [0.4, 0.5) is 0 Å². The average molecular weight is 312 g/mol. The van der Waals surface area contributed by atoms with E-state index in [-0.39, 0.29) is 22.6 Å². The smallest absolute Gasteiger partial charge is 0.223 e. The Morgan fingerprint density at radius 3 is 2.56 bits per heavy atom. The van der Waals surface area contributed by atoms with E-state index in [4.69, 9.17) is 23.2 Å². The van der Waals surface area contributed by atoms with Crippen molar-refractivity contribution in [3.8, 4) is 0 Å². The Labute approximate surface area is 114 Å². The maximum atomic E-state index is 12.0. The van der Waals surface area contributed by atoms with Crippen LogP contribution in [0.15, 0.2) is 23.1 Å². The third-order valence-corrected chi connectivity index (χ3v) is 4.36. The molecule has 0 unspecified atom stereocenters. The molecular weight excluding hydrogens is 301 g/mol. The lowest BCUT2D eigenvalue weighted by molar-refractivity contribution is 0.505. The molecule has 0 saturated carbocycles. The number of halogens is 2. The number of sulfonamides is 1. The summed E-state index contributed by atoms with van der Waals surface area (Å²) >= 11 is 11.6. The van der Waals surface area contributed by atoms with Crippen molar-refractivity contribution >= 4 is 33.2 Å². The Morgan fingerprint density at radius 2 is 1.89 bits per heavy atom. The van der Waals surface area contributed by atoms with Crippen LogP contribution in [-0.2, 0) is 10.0 Å². The predicted molar refractivity (Wildman–Crippen MR) is 68.0 cm³/mol. The van der Waals surface area contributed by atoms with Crippen LogP contribution in [0.2, 0.25) is 10.0 Å². The average Bonchev–Trinajstić information content (AvgIpc) is 2.83. The zero-order chi connectivity index (χ0) is 13.2. The summed E-state index contributed by atoms with van der Waals surface area (Å²) < 4.78 is 26.4. The van der Waals surface area contributed by atoms with Gasteiger partial charge in [0.25, 0.3) is 0 Å². The predicted octanol–water partition coefficient (Wildman–Crippen LogP) is -0.285. The molecule has 1 heterocycles. The number of benzene rings is 1. The molecule has 0 atom stereocenters. The van der Waals surface area contributed by atoms with Gasteiger partial charge in [0, 0.05) is 11.6 Å². The van der Waals surface area contributed by atoms with E-state index in [1.54, 1.807) is 0 Å². The van der Waals surface area contributed by atoms with Gasteiger partial charge in [-0.2, -0.15) is 11.1 Å². The van der Waals surface area contributed by atoms with Crippen LogP contribution in [0.1, 0.15) is 0 Å². The summed E-state index contributed by atoms with van der Waals surface area (Å²) in [6.45, 7) is 0.130. The first kappa shape index (κ1) is 14.0. The maximum Gasteiger partial charge on any atom is 0.242 e. The second-order valence-corrected chi connectivity index (χ2v) is 6.10. The fourth-order valence-corrected chi connectivity index (χ4v) is 3.15. The SMILES string of the molecule is O=S(=O)(NCC1NNNN1)c1cc(Cl)ccc1Cl. The minimum atomic E-state index is -3.70. The molecule has 0 radical (unpaired) electrons. The summed E-state index contributed by atoms with van der Waals surface area (Å²) in [6.07, 6.45) is -0.280. The lowest BCUT2D eigenvalue weighted by Crippen LogP contribution is -2.44. The van der Waals surface area contributed by atoms with Crippen LogP contribution < -0.4 is 26.6 Å². The third-order valence-electron chi connectivity index (χ3n) is 2.22. The maximum absolute atomic E-state index is 12.0. The molecule has 0 spiro atoms. The number of hydrazine groups is 3. The highest BCUT2D eigenvalue weighted by Gasteiger charge is 2.21. The van der Waals surface area contributed by atoms with Crippen molar-refractivity contribution in [3.63, 3.8) is 0 Å². The zero-order valence-electron chi connectivity index (χ0n) is 9.00. The van der Waals surface area contributed by atoms with Gasteiger partial charge in [-0.15, -0.1) is 0 Å². The van der Waals surface area contributed by atoms with Gasteiger partial charge in [0.05, 0.1) is 11.2 Å². The third kappa shape index (κ3) is 3.31. The van der Waals surface area contributed by atoms with Gasteiger partial charge in [-0.3, -0.25) is 0 Å². The number of nitrogens with one attached hydrogen (secondary N) is 5. The first-order valence-corrected chi connectivity index (χ1v) is 7.19. The molecule has 18 heavy (non-hydrogen) atoms. The van der Waals surface area contributed by atoms with Crippen LogP contribution in [0.3, 0.4) is 0 Å². The molecular formula is C8H11Cl2N5O2S. The van der Waals surface area contributed by atoms with E-state index in [1.807, 2.05) is 0 Å². The first-order valence-electron chi connectivity index (χ1n) is 4.95. The van der Waals surface area contributed by atoms with Crippen LogP contribution in [0.25, 0.3) is 0 Å². The molecule has 1 aliphatic rings. The van der Waals surface area contributed by atoms with Crippen LogP contribution in [-0.4, -0.2) is 21.1 Å². The molecule has 10 heteroatoms. The van der Waals surface area contributed by atoms with Gasteiger partial charge in [-0.1, -0.05) is 23.2 Å². The molecule has 1 saturated heterocycles. The highest BCUT2D eigenvalue weighted by atomic mass is 35.5. The van der Waals surface area contributed by atoms with E-state index < -0.39 is 10.0 Å². The standard InChI is InChI=1S/C8H11Cl2N5O2S/c9-5-1-2-6(10)7(3-5)18(16,17)11-4-8-12-14-15-13-8/h1-3,8,11-15H,4H2. The molecule has 0 aliphatic carbocycles. The van der Waals surface area contributed by atoms with Crippen LogP contribution in [0.5, 0.6) is 0 Å². The monoisotopic (exact) mass is 311 g/mol. The van der Waals surface area contributed by atoms with E-state index in [2.05, 4.69) is 26.6 Å². The number of hydrogen-bond donors (Lipinski definition) is 5. The van der Waals surface area contributed by atoms with Gasteiger partial charge >= 0.3 is 0 Å². The van der Waals surface area contributed by atoms with Gasteiger partial charge in [-0.25, -0.2) is 24.0 Å². The molecule has 5 N–H and O–H groups in total. The minimum absolute atomic E-state index is 0.0458. The van der Waals surface area contributed by atoms with Crippen molar-refractivity contribution in [2.75, 3.05) is 6.54 Å². The molecule has 0 aromatic heterocycles. The molecule has 100 valence electrons. The summed E-state index contributed by atoms with van der Waals surface area (Å²) in [7, 11) is -3.70. The Morgan fingerprint density at radius 1 is 1.22 bits per heavy atom. The minimum Gasteiger partial charge on any atom is -0.223 e. The summed E-state index contributed by atoms with van der Waals surface area (Å²) in [4.78, 5) is -0.0458. The van der Waals surface area contributed by atoms with Crippen molar-refractivity contribution < 1.29 is 8.42 Å². The molecule has 0 bridgehead atoms. The van der Waals surface area contributed by atoms with Gasteiger partial charge in [0.2, 0.25) is 10.0 Å². The van der Waals surface area contributed by atoms with E-state index in [0.717, 1.165) is 0 Å². The normalized spacial score (nSPS) is 17.2. The zero-order valence-corrected chi connectivity index (χ0v) is 11.3. The van der Waals surface area contributed by atoms with Gasteiger partial charge in [0.15, 0.2) is 0 Å². The summed E-state index contributed by atoms with van der Waals surface area (Å²) in [5.74, 6) is 0. The Hall–Kier alpha value is -0.450. The van der Waals surface area contributed by atoms with E-state index in [1.165, 1.54) is 18.2 Å². The first-order chi connectivity index (χ1) is 8.49. The summed E-state index contributed by atoms with van der Waals surface area (Å²) in [6, 6.07) is 4.27. The van der Waals surface area contributed by atoms with Crippen molar-refractivity contribution in [3.05, 3.63) is 28.2 Å². The van der Waals surface area contributed by atoms with Crippen molar-refractivity contribution in [2.24, 2.45) is 0 Å². The summed E-state index contributed by atoms with van der Waals surface area (Å²) in [5.41, 5.74) is 10.6. The van der Waals surface area contributed by atoms with Crippen molar-refractivity contribution in [1.82, 2.24) is 26.6 Å². The number of rotatable bonds is 4. The Bertz CT molecular complexity index is 532. The quantitative estimate of drug-likeness (QED) is 0.525. The van der Waals surface area contributed by atoms with Crippen LogP contribution >= 0.6 is 23.2 Å². The molecule has 0 amide bonds. The molecule has 1 aliphatic heterocycles.